The molecular weight excluding hydrogens is 218 g/mol. The number of esters is 1. The van der Waals surface area contributed by atoms with Crippen LogP contribution >= 0.6 is 0 Å². The zero-order chi connectivity index (χ0) is 12.3. The smallest absolute Gasteiger partial charge is 0.307 e. The molecule has 0 saturated carbocycles. The molecule has 92 valence electrons. The normalized spacial score (nSPS) is 18.4. The topological polar surface area (TPSA) is 47.6 Å². The zero-order valence-corrected chi connectivity index (χ0v) is 10.2. The van der Waals surface area contributed by atoms with Gasteiger partial charge in [-0.25, -0.2) is 0 Å². The Kier molecular flexibility index (Phi) is 3.64. The lowest BCUT2D eigenvalue weighted by atomic mass is 9.91. The molecule has 0 spiro atoms. The number of fused-ring (bicyclic) bond motifs is 1. The van der Waals surface area contributed by atoms with Gasteiger partial charge in [0.05, 0.1) is 20.6 Å². The molecule has 0 fully saturated rings. The molecule has 4 heteroatoms. The number of methoxy groups -OCH3 is 2. The summed E-state index contributed by atoms with van der Waals surface area (Å²) in [6.45, 7) is 0.877. The van der Waals surface area contributed by atoms with E-state index in [0.29, 0.717) is 6.42 Å². The molecule has 1 N–H and O–H groups in total. The summed E-state index contributed by atoms with van der Waals surface area (Å²) in [5, 5.41) is 3.33. The molecule has 1 aliphatic rings. The fraction of sp³-hybridized carbons (Fsp3) is 0.462. The number of carbonyl (C=O) groups excluding carboxylic acids is 1. The van der Waals surface area contributed by atoms with E-state index in [1.165, 1.54) is 12.7 Å². The molecule has 1 aromatic carbocycles. The van der Waals surface area contributed by atoms with Crippen LogP contribution in [0.25, 0.3) is 0 Å². The van der Waals surface area contributed by atoms with Crippen molar-refractivity contribution >= 4 is 5.97 Å². The summed E-state index contributed by atoms with van der Waals surface area (Å²) in [6.07, 6.45) is 1.30. The van der Waals surface area contributed by atoms with E-state index in [1.54, 1.807) is 7.11 Å². The Morgan fingerprint density at radius 2 is 2.29 bits per heavy atom. The summed E-state index contributed by atoms with van der Waals surface area (Å²) in [4.78, 5) is 11.4. The number of carbonyl (C=O) groups is 1. The maximum Gasteiger partial charge on any atom is 0.307 e. The third kappa shape index (κ3) is 2.42. The van der Waals surface area contributed by atoms with Crippen molar-refractivity contribution in [1.29, 1.82) is 0 Å². The quantitative estimate of drug-likeness (QED) is 0.805. The van der Waals surface area contributed by atoms with E-state index >= 15 is 0 Å². The first-order chi connectivity index (χ1) is 8.26. The third-order valence-corrected chi connectivity index (χ3v) is 3.11. The van der Waals surface area contributed by atoms with Crippen LogP contribution in [-0.2, 0) is 16.0 Å². The predicted octanol–water partition coefficient (Wildman–Crippen LogP) is 1.45. The van der Waals surface area contributed by atoms with Crippen molar-refractivity contribution in [2.75, 3.05) is 20.8 Å². The van der Waals surface area contributed by atoms with Gasteiger partial charge in [0.2, 0.25) is 0 Å². The van der Waals surface area contributed by atoms with Gasteiger partial charge in [0.25, 0.3) is 0 Å². The van der Waals surface area contributed by atoms with Gasteiger partial charge in [-0.3, -0.25) is 4.79 Å². The maximum atomic E-state index is 11.4. The average molecular weight is 235 g/mol. The van der Waals surface area contributed by atoms with Gasteiger partial charge in [-0.15, -0.1) is 0 Å². The molecule has 0 radical (unpaired) electrons. The van der Waals surface area contributed by atoms with Gasteiger partial charge < -0.3 is 14.8 Å². The molecule has 1 heterocycles. The second-order valence-electron chi connectivity index (χ2n) is 4.07. The molecule has 0 bridgehead atoms. The van der Waals surface area contributed by atoms with Gasteiger partial charge in [0.15, 0.2) is 0 Å². The molecule has 17 heavy (non-hydrogen) atoms. The highest BCUT2D eigenvalue weighted by Gasteiger charge is 2.25. The maximum absolute atomic E-state index is 11.4. The van der Waals surface area contributed by atoms with Gasteiger partial charge >= 0.3 is 5.97 Å². The molecule has 1 unspecified atom stereocenters. The molecule has 1 aliphatic heterocycles. The Morgan fingerprint density at radius 1 is 1.47 bits per heavy atom. The lowest BCUT2D eigenvalue weighted by Crippen LogP contribution is -2.32. The second kappa shape index (κ2) is 5.19. The predicted molar refractivity (Wildman–Crippen MR) is 64.1 cm³/mol. The van der Waals surface area contributed by atoms with Crippen LogP contribution in [0.2, 0.25) is 0 Å². The zero-order valence-electron chi connectivity index (χ0n) is 10.2. The molecule has 1 atom stereocenters. The van der Waals surface area contributed by atoms with Crippen molar-refractivity contribution in [1.82, 2.24) is 5.32 Å². The first kappa shape index (κ1) is 11.9. The summed E-state index contributed by atoms with van der Waals surface area (Å²) in [5.74, 6) is 0.629. The molecule has 0 aromatic heterocycles. The standard InChI is InChI=1S/C13H17NO3/c1-16-11-5-3-4-9-6-7-14-10(13(9)11)8-12(15)17-2/h3-5,10,14H,6-8H2,1-2H3. The first-order valence-electron chi connectivity index (χ1n) is 5.72. The van der Waals surface area contributed by atoms with Crippen molar-refractivity contribution in [3.63, 3.8) is 0 Å². The fourth-order valence-electron chi connectivity index (χ4n) is 2.29. The lowest BCUT2D eigenvalue weighted by Gasteiger charge is -2.27. The number of nitrogens with one attached hydrogen (secondary N) is 1. The van der Waals surface area contributed by atoms with Gasteiger partial charge in [0, 0.05) is 11.6 Å². The number of hydrogen-bond donors (Lipinski definition) is 1. The monoisotopic (exact) mass is 235 g/mol. The van der Waals surface area contributed by atoms with Crippen LogP contribution in [0.1, 0.15) is 23.6 Å². The number of benzene rings is 1. The SMILES string of the molecule is COC(=O)CC1NCCc2cccc(OC)c21. The summed E-state index contributed by atoms with van der Waals surface area (Å²) < 4.78 is 10.1. The summed E-state index contributed by atoms with van der Waals surface area (Å²) in [7, 11) is 3.06. The van der Waals surface area contributed by atoms with E-state index in [2.05, 4.69) is 11.4 Å². The Bertz CT molecular complexity index is 403. The Hall–Kier alpha value is -1.55. The summed E-state index contributed by atoms with van der Waals surface area (Å²) in [6, 6.07) is 5.99. The van der Waals surface area contributed by atoms with Crippen molar-refractivity contribution in [3.8, 4) is 5.75 Å². The van der Waals surface area contributed by atoms with E-state index in [4.69, 9.17) is 9.47 Å². The number of hydrogen-bond acceptors (Lipinski definition) is 4. The van der Waals surface area contributed by atoms with Crippen LogP contribution in [0.15, 0.2) is 18.2 Å². The van der Waals surface area contributed by atoms with Crippen LogP contribution in [0.4, 0.5) is 0 Å². The van der Waals surface area contributed by atoms with Crippen molar-refractivity contribution in [2.24, 2.45) is 0 Å². The fourth-order valence-corrected chi connectivity index (χ4v) is 2.29. The average Bonchev–Trinajstić information content (AvgIpc) is 2.38. The van der Waals surface area contributed by atoms with Gasteiger partial charge in [-0.1, -0.05) is 12.1 Å². The number of ether oxygens (including phenoxy) is 2. The lowest BCUT2D eigenvalue weighted by molar-refractivity contribution is -0.141. The summed E-state index contributed by atoms with van der Waals surface area (Å²) >= 11 is 0. The highest BCUT2D eigenvalue weighted by molar-refractivity contribution is 5.70. The van der Waals surface area contributed by atoms with E-state index < -0.39 is 0 Å². The number of rotatable bonds is 3. The van der Waals surface area contributed by atoms with Crippen LogP contribution in [-0.4, -0.2) is 26.7 Å². The van der Waals surface area contributed by atoms with Gasteiger partial charge in [-0.2, -0.15) is 0 Å². The Balaban J connectivity index is 2.31. The highest BCUT2D eigenvalue weighted by Crippen LogP contribution is 2.33. The molecule has 0 amide bonds. The summed E-state index contributed by atoms with van der Waals surface area (Å²) in [5.41, 5.74) is 2.34. The van der Waals surface area contributed by atoms with E-state index in [0.717, 1.165) is 24.3 Å². The Labute approximate surface area is 101 Å². The molecule has 0 aliphatic carbocycles. The van der Waals surface area contributed by atoms with Crippen molar-refractivity contribution < 1.29 is 14.3 Å². The van der Waals surface area contributed by atoms with E-state index in [1.807, 2.05) is 12.1 Å². The van der Waals surface area contributed by atoms with Crippen LogP contribution in [0.5, 0.6) is 5.75 Å². The minimum atomic E-state index is -0.207. The van der Waals surface area contributed by atoms with Gasteiger partial charge in [0.1, 0.15) is 5.75 Å². The van der Waals surface area contributed by atoms with Crippen LogP contribution in [0.3, 0.4) is 0 Å². The minimum absolute atomic E-state index is 0.0117. The molecule has 2 rings (SSSR count). The molecule has 1 aromatic rings. The Morgan fingerprint density at radius 3 is 3.00 bits per heavy atom. The molecular formula is C13H17NO3. The van der Waals surface area contributed by atoms with E-state index in [-0.39, 0.29) is 12.0 Å². The largest absolute Gasteiger partial charge is 0.496 e. The second-order valence-corrected chi connectivity index (χ2v) is 4.07. The minimum Gasteiger partial charge on any atom is -0.496 e. The van der Waals surface area contributed by atoms with Gasteiger partial charge in [-0.05, 0) is 24.6 Å². The molecule has 4 nitrogen and oxygen atoms in total. The molecule has 0 saturated heterocycles. The highest BCUT2D eigenvalue weighted by atomic mass is 16.5. The van der Waals surface area contributed by atoms with Crippen molar-refractivity contribution in [2.45, 2.75) is 18.9 Å². The van der Waals surface area contributed by atoms with Crippen LogP contribution in [0, 0.1) is 0 Å². The van der Waals surface area contributed by atoms with E-state index in [9.17, 15) is 4.79 Å². The van der Waals surface area contributed by atoms with Crippen molar-refractivity contribution in [3.05, 3.63) is 29.3 Å². The van der Waals surface area contributed by atoms with Crippen LogP contribution < -0.4 is 10.1 Å². The third-order valence-electron chi connectivity index (χ3n) is 3.11. The first-order valence-corrected chi connectivity index (χ1v) is 5.72.